The third kappa shape index (κ3) is 3.64. The van der Waals surface area contributed by atoms with Crippen molar-refractivity contribution in [2.45, 2.75) is 6.54 Å². The fourth-order valence-electron chi connectivity index (χ4n) is 1.55. The van der Waals surface area contributed by atoms with E-state index in [1.165, 1.54) is 12.1 Å². The van der Waals surface area contributed by atoms with Gasteiger partial charge in [-0.05, 0) is 45.8 Å². The highest BCUT2D eigenvalue weighted by Crippen LogP contribution is 2.08. The first-order valence-corrected chi connectivity index (χ1v) is 6.57. The number of pyridine rings is 1. The lowest BCUT2D eigenvalue weighted by Gasteiger charge is -2.05. The van der Waals surface area contributed by atoms with Crippen molar-refractivity contribution >= 4 is 27.8 Å². The van der Waals surface area contributed by atoms with Gasteiger partial charge in [-0.3, -0.25) is 4.79 Å². The summed E-state index contributed by atoms with van der Waals surface area (Å²) in [5, 5.41) is 11.5. The number of amides is 1. The van der Waals surface area contributed by atoms with E-state index < -0.39 is 5.97 Å². The van der Waals surface area contributed by atoms with Gasteiger partial charge in [-0.25, -0.2) is 9.78 Å². The Balaban J connectivity index is 1.96. The Morgan fingerprint density at radius 3 is 2.40 bits per heavy atom. The number of hydrogen-bond acceptors (Lipinski definition) is 3. The molecule has 0 unspecified atom stereocenters. The minimum absolute atomic E-state index is 0.217. The van der Waals surface area contributed by atoms with E-state index in [1.807, 2.05) is 0 Å². The molecule has 2 N–H and O–H groups in total. The van der Waals surface area contributed by atoms with E-state index in [0.717, 1.165) is 10.0 Å². The van der Waals surface area contributed by atoms with Crippen molar-refractivity contribution in [3.8, 4) is 0 Å². The zero-order chi connectivity index (χ0) is 14.5. The second-order valence-electron chi connectivity index (χ2n) is 4.05. The van der Waals surface area contributed by atoms with E-state index in [9.17, 15) is 9.59 Å². The number of nitrogens with one attached hydrogen (secondary N) is 1. The molecule has 1 aromatic carbocycles. The maximum atomic E-state index is 11.8. The average Bonchev–Trinajstić information content (AvgIpc) is 2.46. The molecule has 1 aromatic heterocycles. The summed E-state index contributed by atoms with van der Waals surface area (Å²) >= 11 is 3.25. The summed E-state index contributed by atoms with van der Waals surface area (Å²) in [6, 6.07) is 9.69. The molecule has 0 spiro atoms. The van der Waals surface area contributed by atoms with Crippen LogP contribution in [0.4, 0.5) is 0 Å². The molecule has 0 saturated heterocycles. The topological polar surface area (TPSA) is 79.3 Å². The lowest BCUT2D eigenvalue weighted by atomic mass is 10.1. The SMILES string of the molecule is O=C(O)c1ccc(CNC(=O)c2ccc(Br)cn2)cc1. The Bertz CT molecular complexity index is 624. The molecule has 20 heavy (non-hydrogen) atoms. The van der Waals surface area contributed by atoms with Crippen molar-refractivity contribution in [3.63, 3.8) is 0 Å². The highest BCUT2D eigenvalue weighted by atomic mass is 79.9. The van der Waals surface area contributed by atoms with Gasteiger partial charge in [-0.15, -0.1) is 0 Å². The Hall–Kier alpha value is -2.21. The van der Waals surface area contributed by atoms with Crippen molar-refractivity contribution in [3.05, 3.63) is 63.9 Å². The van der Waals surface area contributed by atoms with Crippen LogP contribution in [0.5, 0.6) is 0 Å². The second-order valence-corrected chi connectivity index (χ2v) is 4.96. The maximum absolute atomic E-state index is 11.8. The van der Waals surface area contributed by atoms with Crippen LogP contribution in [0.1, 0.15) is 26.4 Å². The number of rotatable bonds is 4. The van der Waals surface area contributed by atoms with E-state index in [2.05, 4.69) is 26.2 Å². The standard InChI is InChI=1S/C14H11BrN2O3/c15-11-5-6-12(16-8-11)13(18)17-7-9-1-3-10(4-2-9)14(19)20/h1-6,8H,7H2,(H,17,18)(H,19,20). The summed E-state index contributed by atoms with van der Waals surface area (Å²) in [5.74, 6) is -1.25. The van der Waals surface area contributed by atoms with Crippen LogP contribution in [-0.4, -0.2) is 22.0 Å². The molecule has 2 aromatic rings. The summed E-state index contributed by atoms with van der Waals surface area (Å²) in [6.45, 7) is 0.316. The van der Waals surface area contributed by atoms with Gasteiger partial charge in [-0.2, -0.15) is 0 Å². The number of carboxylic acid groups (broad SMARTS) is 1. The van der Waals surface area contributed by atoms with Crippen LogP contribution in [0.3, 0.4) is 0 Å². The third-order valence-corrected chi connectivity index (χ3v) is 3.08. The minimum atomic E-state index is -0.973. The molecule has 6 heteroatoms. The lowest BCUT2D eigenvalue weighted by Crippen LogP contribution is -2.23. The molecular weight excluding hydrogens is 324 g/mol. The molecule has 0 saturated carbocycles. The van der Waals surface area contributed by atoms with Crippen LogP contribution >= 0.6 is 15.9 Å². The first kappa shape index (κ1) is 14.2. The van der Waals surface area contributed by atoms with Crippen molar-refractivity contribution < 1.29 is 14.7 Å². The lowest BCUT2D eigenvalue weighted by molar-refractivity contribution is 0.0696. The van der Waals surface area contributed by atoms with Crippen molar-refractivity contribution in [1.29, 1.82) is 0 Å². The fourth-order valence-corrected chi connectivity index (χ4v) is 1.78. The van der Waals surface area contributed by atoms with E-state index in [1.54, 1.807) is 30.5 Å². The molecule has 0 aliphatic heterocycles. The molecular formula is C14H11BrN2O3. The molecule has 102 valence electrons. The number of nitrogens with zero attached hydrogens (tertiary/aromatic N) is 1. The molecule has 0 fully saturated rings. The van der Waals surface area contributed by atoms with E-state index in [4.69, 9.17) is 5.11 Å². The smallest absolute Gasteiger partial charge is 0.335 e. The van der Waals surface area contributed by atoms with Gasteiger partial charge in [0.1, 0.15) is 5.69 Å². The Labute approximate surface area is 123 Å². The molecule has 2 rings (SSSR count). The number of hydrogen-bond donors (Lipinski definition) is 2. The molecule has 0 aliphatic rings. The summed E-state index contributed by atoms with van der Waals surface area (Å²) < 4.78 is 0.804. The second kappa shape index (κ2) is 6.29. The monoisotopic (exact) mass is 334 g/mol. The van der Waals surface area contributed by atoms with E-state index >= 15 is 0 Å². The molecule has 0 atom stereocenters. The normalized spacial score (nSPS) is 10.1. The predicted octanol–water partition coefficient (Wildman–Crippen LogP) is 2.47. The van der Waals surface area contributed by atoms with Crippen molar-refractivity contribution in [2.24, 2.45) is 0 Å². The number of aromatic carboxylic acids is 1. The van der Waals surface area contributed by atoms with Crippen LogP contribution < -0.4 is 5.32 Å². The number of carbonyl (C=O) groups excluding carboxylic acids is 1. The van der Waals surface area contributed by atoms with Crippen molar-refractivity contribution in [1.82, 2.24) is 10.3 Å². The number of carbonyl (C=O) groups is 2. The number of halogens is 1. The predicted molar refractivity (Wildman–Crippen MR) is 76.5 cm³/mol. The van der Waals surface area contributed by atoms with Crippen LogP contribution in [0, 0.1) is 0 Å². The third-order valence-electron chi connectivity index (χ3n) is 2.61. The van der Waals surface area contributed by atoms with Gasteiger partial charge in [0.05, 0.1) is 5.56 Å². The highest BCUT2D eigenvalue weighted by Gasteiger charge is 2.07. The summed E-state index contributed by atoms with van der Waals surface area (Å²) in [7, 11) is 0. The fraction of sp³-hybridized carbons (Fsp3) is 0.0714. The van der Waals surface area contributed by atoms with Crippen LogP contribution in [0.15, 0.2) is 47.1 Å². The van der Waals surface area contributed by atoms with Crippen LogP contribution in [0.2, 0.25) is 0 Å². The van der Waals surface area contributed by atoms with Gasteiger partial charge in [0.2, 0.25) is 0 Å². The first-order chi connectivity index (χ1) is 9.56. The van der Waals surface area contributed by atoms with Gasteiger partial charge in [-0.1, -0.05) is 12.1 Å². The number of carboxylic acids is 1. The highest BCUT2D eigenvalue weighted by molar-refractivity contribution is 9.10. The van der Waals surface area contributed by atoms with E-state index in [0.29, 0.717) is 12.2 Å². The van der Waals surface area contributed by atoms with Crippen molar-refractivity contribution in [2.75, 3.05) is 0 Å². The number of aromatic nitrogens is 1. The zero-order valence-electron chi connectivity index (χ0n) is 10.3. The molecule has 1 amide bonds. The summed E-state index contributed by atoms with van der Waals surface area (Å²) in [4.78, 5) is 26.5. The minimum Gasteiger partial charge on any atom is -0.478 e. The number of benzene rings is 1. The summed E-state index contributed by atoms with van der Waals surface area (Å²) in [6.07, 6.45) is 1.55. The molecule has 0 aliphatic carbocycles. The molecule has 5 nitrogen and oxygen atoms in total. The summed E-state index contributed by atoms with van der Waals surface area (Å²) in [5.41, 5.74) is 1.37. The molecule has 1 heterocycles. The van der Waals surface area contributed by atoms with Gasteiger partial charge >= 0.3 is 5.97 Å². The molecule has 0 bridgehead atoms. The average molecular weight is 335 g/mol. The van der Waals surface area contributed by atoms with Gasteiger partial charge in [0.25, 0.3) is 5.91 Å². The largest absolute Gasteiger partial charge is 0.478 e. The van der Waals surface area contributed by atoms with Gasteiger partial charge in [0.15, 0.2) is 0 Å². The van der Waals surface area contributed by atoms with Gasteiger partial charge < -0.3 is 10.4 Å². The Morgan fingerprint density at radius 1 is 1.15 bits per heavy atom. The Kier molecular flexibility index (Phi) is 4.47. The van der Waals surface area contributed by atoms with Crippen LogP contribution in [0.25, 0.3) is 0 Å². The van der Waals surface area contributed by atoms with Gasteiger partial charge in [0, 0.05) is 17.2 Å². The quantitative estimate of drug-likeness (QED) is 0.900. The zero-order valence-corrected chi connectivity index (χ0v) is 11.9. The Morgan fingerprint density at radius 2 is 1.85 bits per heavy atom. The maximum Gasteiger partial charge on any atom is 0.335 e. The first-order valence-electron chi connectivity index (χ1n) is 5.78. The van der Waals surface area contributed by atoms with E-state index in [-0.39, 0.29) is 11.5 Å². The van der Waals surface area contributed by atoms with Crippen LogP contribution in [-0.2, 0) is 6.54 Å². The molecule has 0 radical (unpaired) electrons.